The molecule has 0 aliphatic heterocycles. The smallest absolute Gasteiger partial charge is 0.276 e. The molecular weight excluding hydrogens is 283 g/mol. The average molecular weight is 294 g/mol. The largest absolute Gasteiger partial charge is 0.396 e. The summed E-state index contributed by atoms with van der Waals surface area (Å²) in [6.07, 6.45) is 0. The standard InChI is InChI=1S/C16H11FN4O/c17-8-5-6-10-9(7-8)13(18)14(19-10)15-16(22)21-12-4-2-1-3-11(12)20-15/h1-7,19H,18H2,(H,21,22). The van der Waals surface area contributed by atoms with Gasteiger partial charge in [-0.05, 0) is 30.3 Å². The molecule has 2 aromatic carbocycles. The van der Waals surface area contributed by atoms with Gasteiger partial charge >= 0.3 is 0 Å². The van der Waals surface area contributed by atoms with Crippen molar-refractivity contribution < 1.29 is 4.39 Å². The van der Waals surface area contributed by atoms with E-state index in [1.807, 2.05) is 12.1 Å². The molecule has 0 aliphatic rings. The van der Waals surface area contributed by atoms with Crippen LogP contribution in [0.1, 0.15) is 0 Å². The van der Waals surface area contributed by atoms with E-state index in [2.05, 4.69) is 15.0 Å². The first-order valence-electron chi connectivity index (χ1n) is 6.69. The quantitative estimate of drug-likeness (QED) is 0.504. The molecule has 0 atom stereocenters. The number of nitrogens with zero attached hydrogens (tertiary/aromatic N) is 1. The molecule has 2 heterocycles. The molecule has 0 spiro atoms. The number of fused-ring (bicyclic) bond motifs is 2. The van der Waals surface area contributed by atoms with E-state index in [1.165, 1.54) is 12.1 Å². The SMILES string of the molecule is Nc1c(-c2nc3ccccc3[nH]c2=O)[nH]c2ccc(F)cc12. The maximum Gasteiger partial charge on any atom is 0.276 e. The topological polar surface area (TPSA) is 87.6 Å². The van der Waals surface area contributed by atoms with Crippen LogP contribution in [0.4, 0.5) is 10.1 Å². The van der Waals surface area contributed by atoms with Crippen LogP contribution in [0.25, 0.3) is 33.3 Å². The highest BCUT2D eigenvalue weighted by Gasteiger charge is 2.16. The van der Waals surface area contributed by atoms with Gasteiger partial charge in [0.05, 0.1) is 22.4 Å². The Bertz CT molecular complexity index is 1080. The zero-order valence-electron chi connectivity index (χ0n) is 11.4. The molecule has 108 valence electrons. The molecule has 0 radical (unpaired) electrons. The first kappa shape index (κ1) is 12.6. The number of halogens is 1. The van der Waals surface area contributed by atoms with Gasteiger partial charge in [-0.15, -0.1) is 0 Å². The fourth-order valence-electron chi connectivity index (χ4n) is 2.57. The van der Waals surface area contributed by atoms with Crippen molar-refractivity contribution in [1.29, 1.82) is 0 Å². The molecule has 0 amide bonds. The molecule has 0 saturated carbocycles. The number of aromatic nitrogens is 3. The van der Waals surface area contributed by atoms with E-state index in [0.717, 1.165) is 0 Å². The van der Waals surface area contributed by atoms with E-state index in [4.69, 9.17) is 5.73 Å². The number of anilines is 1. The molecule has 0 unspecified atom stereocenters. The van der Waals surface area contributed by atoms with Gasteiger partial charge in [-0.3, -0.25) is 4.79 Å². The van der Waals surface area contributed by atoms with Gasteiger partial charge in [-0.25, -0.2) is 9.37 Å². The Morgan fingerprint density at radius 2 is 1.86 bits per heavy atom. The Labute approximate surface area is 123 Å². The minimum absolute atomic E-state index is 0.188. The van der Waals surface area contributed by atoms with Crippen LogP contribution in [0.5, 0.6) is 0 Å². The number of benzene rings is 2. The van der Waals surface area contributed by atoms with E-state index in [1.54, 1.807) is 18.2 Å². The van der Waals surface area contributed by atoms with E-state index in [9.17, 15) is 9.18 Å². The van der Waals surface area contributed by atoms with E-state index in [0.29, 0.717) is 33.3 Å². The van der Waals surface area contributed by atoms with Crippen molar-refractivity contribution in [3.8, 4) is 11.4 Å². The van der Waals surface area contributed by atoms with E-state index >= 15 is 0 Å². The van der Waals surface area contributed by atoms with Crippen molar-refractivity contribution in [1.82, 2.24) is 15.0 Å². The third kappa shape index (κ3) is 1.77. The number of para-hydroxylation sites is 2. The molecular formula is C16H11FN4O. The molecule has 2 aromatic heterocycles. The first-order valence-corrected chi connectivity index (χ1v) is 6.69. The molecule has 4 aromatic rings. The van der Waals surface area contributed by atoms with Gasteiger partial charge in [0.15, 0.2) is 5.69 Å². The number of nitrogen functional groups attached to an aromatic ring is 1. The lowest BCUT2D eigenvalue weighted by atomic mass is 10.2. The molecule has 22 heavy (non-hydrogen) atoms. The van der Waals surface area contributed by atoms with Crippen LogP contribution in [-0.4, -0.2) is 15.0 Å². The van der Waals surface area contributed by atoms with Crippen LogP contribution in [0, 0.1) is 5.82 Å². The fraction of sp³-hybridized carbons (Fsp3) is 0. The summed E-state index contributed by atoms with van der Waals surface area (Å²) in [7, 11) is 0. The van der Waals surface area contributed by atoms with E-state index in [-0.39, 0.29) is 17.1 Å². The minimum atomic E-state index is -0.384. The van der Waals surface area contributed by atoms with Gasteiger partial charge in [-0.1, -0.05) is 12.1 Å². The zero-order chi connectivity index (χ0) is 15.3. The third-order valence-electron chi connectivity index (χ3n) is 3.64. The summed E-state index contributed by atoms with van der Waals surface area (Å²) in [5.41, 5.74) is 8.56. The van der Waals surface area contributed by atoms with Gasteiger partial charge < -0.3 is 15.7 Å². The van der Waals surface area contributed by atoms with Crippen molar-refractivity contribution in [2.75, 3.05) is 5.73 Å². The zero-order valence-corrected chi connectivity index (χ0v) is 11.4. The Hall–Kier alpha value is -3.15. The predicted octanol–water partition coefficient (Wildman–Crippen LogP) is 2.79. The number of rotatable bonds is 1. The Balaban J connectivity index is 2.04. The highest BCUT2D eigenvalue weighted by atomic mass is 19.1. The average Bonchev–Trinajstić information content (AvgIpc) is 2.83. The maximum atomic E-state index is 13.4. The van der Waals surface area contributed by atoms with Crippen molar-refractivity contribution in [3.63, 3.8) is 0 Å². The molecule has 0 bridgehead atoms. The summed E-state index contributed by atoms with van der Waals surface area (Å²) < 4.78 is 13.4. The summed E-state index contributed by atoms with van der Waals surface area (Å²) in [5.74, 6) is -0.384. The molecule has 5 nitrogen and oxygen atoms in total. The van der Waals surface area contributed by atoms with Gasteiger partial charge in [-0.2, -0.15) is 0 Å². The number of nitrogens with two attached hydrogens (primary N) is 1. The van der Waals surface area contributed by atoms with Gasteiger partial charge in [0.2, 0.25) is 0 Å². The summed E-state index contributed by atoms with van der Waals surface area (Å²) in [6.45, 7) is 0. The molecule has 6 heteroatoms. The van der Waals surface area contributed by atoms with Crippen molar-refractivity contribution in [2.45, 2.75) is 0 Å². The van der Waals surface area contributed by atoms with Crippen molar-refractivity contribution in [2.24, 2.45) is 0 Å². The Morgan fingerprint density at radius 3 is 2.73 bits per heavy atom. The maximum absolute atomic E-state index is 13.4. The second-order valence-electron chi connectivity index (χ2n) is 5.04. The number of aromatic amines is 2. The molecule has 0 aliphatic carbocycles. The fourth-order valence-corrected chi connectivity index (χ4v) is 2.57. The van der Waals surface area contributed by atoms with Gasteiger partial charge in [0.25, 0.3) is 5.56 Å². The number of hydrogen-bond donors (Lipinski definition) is 3. The second kappa shape index (κ2) is 4.42. The normalized spacial score (nSPS) is 11.3. The lowest BCUT2D eigenvalue weighted by Crippen LogP contribution is -2.12. The lowest BCUT2D eigenvalue weighted by Gasteiger charge is -2.02. The van der Waals surface area contributed by atoms with Crippen molar-refractivity contribution in [3.05, 3.63) is 58.6 Å². The molecule has 4 N–H and O–H groups in total. The second-order valence-corrected chi connectivity index (χ2v) is 5.04. The molecule has 4 rings (SSSR count). The van der Waals surface area contributed by atoms with Crippen LogP contribution < -0.4 is 11.3 Å². The summed E-state index contributed by atoms with van der Waals surface area (Å²) >= 11 is 0. The Kier molecular flexibility index (Phi) is 2.53. The third-order valence-corrected chi connectivity index (χ3v) is 3.64. The summed E-state index contributed by atoms with van der Waals surface area (Å²) in [6, 6.07) is 11.5. The highest BCUT2D eigenvalue weighted by Crippen LogP contribution is 2.31. The molecule has 0 fully saturated rings. The highest BCUT2D eigenvalue weighted by molar-refractivity contribution is 5.99. The van der Waals surface area contributed by atoms with Crippen LogP contribution in [0.2, 0.25) is 0 Å². The minimum Gasteiger partial charge on any atom is -0.396 e. The van der Waals surface area contributed by atoms with Crippen LogP contribution >= 0.6 is 0 Å². The van der Waals surface area contributed by atoms with Crippen molar-refractivity contribution >= 4 is 27.6 Å². The van der Waals surface area contributed by atoms with Gasteiger partial charge in [0.1, 0.15) is 5.82 Å². The summed E-state index contributed by atoms with van der Waals surface area (Å²) in [4.78, 5) is 22.4. The lowest BCUT2D eigenvalue weighted by molar-refractivity contribution is 0.630. The van der Waals surface area contributed by atoms with Crippen LogP contribution in [-0.2, 0) is 0 Å². The van der Waals surface area contributed by atoms with Crippen LogP contribution in [0.3, 0.4) is 0 Å². The van der Waals surface area contributed by atoms with Crippen LogP contribution in [0.15, 0.2) is 47.3 Å². The molecule has 0 saturated heterocycles. The number of hydrogen-bond acceptors (Lipinski definition) is 3. The van der Waals surface area contributed by atoms with Gasteiger partial charge in [0, 0.05) is 10.9 Å². The predicted molar refractivity (Wildman–Crippen MR) is 84.0 cm³/mol. The number of H-pyrrole nitrogens is 2. The summed E-state index contributed by atoms with van der Waals surface area (Å²) in [5, 5.41) is 0.532. The Morgan fingerprint density at radius 1 is 1.05 bits per heavy atom. The monoisotopic (exact) mass is 294 g/mol. The first-order chi connectivity index (χ1) is 10.6. The number of nitrogens with one attached hydrogen (secondary N) is 2. The van der Waals surface area contributed by atoms with E-state index < -0.39 is 0 Å².